The van der Waals surface area contributed by atoms with Crippen LogP contribution in [0, 0.1) is 0 Å². The monoisotopic (exact) mass is 259 g/mol. The number of carbonyl (C=O) groups is 3. The van der Waals surface area contributed by atoms with Gasteiger partial charge in [-0.3, -0.25) is 14.4 Å². The molecule has 1 aliphatic rings. The highest BCUT2D eigenvalue weighted by Gasteiger charge is 2.29. The van der Waals surface area contributed by atoms with Gasteiger partial charge in [-0.15, -0.1) is 0 Å². The Balaban J connectivity index is 2.23. The van der Waals surface area contributed by atoms with Crippen LogP contribution in [0.2, 0.25) is 0 Å². The zero-order chi connectivity index (χ0) is 13.8. The summed E-state index contributed by atoms with van der Waals surface area (Å²) >= 11 is 0. The number of nitrogens with zero attached hydrogens (tertiary/aromatic N) is 1. The highest BCUT2D eigenvalue weighted by molar-refractivity contribution is 6.03. The van der Waals surface area contributed by atoms with Crippen LogP contribution in [0.3, 0.4) is 0 Å². The fourth-order valence-corrected chi connectivity index (χ4v) is 2.50. The van der Waals surface area contributed by atoms with E-state index in [9.17, 15) is 14.4 Å². The van der Waals surface area contributed by atoms with E-state index < -0.39 is 0 Å². The summed E-state index contributed by atoms with van der Waals surface area (Å²) in [6.45, 7) is 0. The van der Waals surface area contributed by atoms with Crippen LogP contribution in [0.1, 0.15) is 46.4 Å². The van der Waals surface area contributed by atoms with Gasteiger partial charge in [0.2, 0.25) is 0 Å². The highest BCUT2D eigenvalue weighted by Crippen LogP contribution is 2.21. The van der Waals surface area contributed by atoms with Crippen LogP contribution in [0.5, 0.6) is 0 Å². The van der Waals surface area contributed by atoms with Crippen LogP contribution in [0.25, 0.3) is 0 Å². The van der Waals surface area contributed by atoms with Crippen molar-refractivity contribution < 1.29 is 14.4 Å². The molecule has 4 nitrogen and oxygen atoms in total. The maximum Gasteiger partial charge on any atom is 0.254 e. The van der Waals surface area contributed by atoms with Crippen LogP contribution in [0.4, 0.5) is 0 Å². The number of hydrogen-bond donors (Lipinski definition) is 0. The molecule has 0 aromatic heterocycles. The Morgan fingerprint density at radius 1 is 1.32 bits per heavy atom. The minimum atomic E-state index is -0.346. The van der Waals surface area contributed by atoms with E-state index in [-0.39, 0.29) is 17.7 Å². The summed E-state index contributed by atoms with van der Waals surface area (Å²) in [6, 6.07) is 6.32. The molecule has 1 amide bonds. The quantitative estimate of drug-likeness (QED) is 0.781. The second kappa shape index (κ2) is 5.78. The first-order chi connectivity index (χ1) is 9.15. The van der Waals surface area contributed by atoms with Gasteiger partial charge in [0, 0.05) is 19.0 Å². The number of amides is 1. The minimum Gasteiger partial charge on any atom is -0.332 e. The maximum atomic E-state index is 12.4. The molecule has 1 aliphatic carbocycles. The van der Waals surface area contributed by atoms with E-state index in [0.29, 0.717) is 30.3 Å². The Bertz CT molecular complexity index is 510. The Morgan fingerprint density at radius 2 is 2.05 bits per heavy atom. The van der Waals surface area contributed by atoms with Crippen LogP contribution < -0.4 is 0 Å². The first kappa shape index (κ1) is 13.5. The first-order valence-electron chi connectivity index (χ1n) is 6.49. The van der Waals surface area contributed by atoms with Crippen molar-refractivity contribution in [3.05, 3.63) is 35.4 Å². The predicted molar refractivity (Wildman–Crippen MR) is 71.2 cm³/mol. The van der Waals surface area contributed by atoms with E-state index in [1.54, 1.807) is 31.3 Å². The van der Waals surface area contributed by atoms with Crippen molar-refractivity contribution in [2.24, 2.45) is 0 Å². The molecular formula is C15H17NO3. The summed E-state index contributed by atoms with van der Waals surface area (Å²) in [5.74, 6) is -0.145. The lowest BCUT2D eigenvalue weighted by Crippen LogP contribution is -2.44. The minimum absolute atomic E-state index is 0.116. The van der Waals surface area contributed by atoms with Crippen LogP contribution in [0.15, 0.2) is 24.3 Å². The molecule has 1 fully saturated rings. The molecule has 0 aliphatic heterocycles. The molecule has 2 rings (SSSR count). The maximum absolute atomic E-state index is 12.4. The zero-order valence-electron chi connectivity index (χ0n) is 11.0. The normalized spacial score (nSPS) is 19.0. The van der Waals surface area contributed by atoms with Crippen LogP contribution >= 0.6 is 0 Å². The summed E-state index contributed by atoms with van der Waals surface area (Å²) in [5, 5.41) is 0. The molecule has 0 bridgehead atoms. The average Bonchev–Trinajstić information content (AvgIpc) is 2.46. The molecule has 0 radical (unpaired) electrons. The third-order valence-corrected chi connectivity index (χ3v) is 3.63. The van der Waals surface area contributed by atoms with Gasteiger partial charge < -0.3 is 4.90 Å². The summed E-state index contributed by atoms with van der Waals surface area (Å²) in [7, 11) is 1.64. The number of hydrogen-bond acceptors (Lipinski definition) is 3. The SMILES string of the molecule is CN(C(=O)c1ccccc1C=O)C1CCCCC1=O. The number of aldehydes is 1. The molecule has 0 spiro atoms. The molecule has 0 heterocycles. The smallest absolute Gasteiger partial charge is 0.254 e. The van der Waals surface area contributed by atoms with E-state index >= 15 is 0 Å². The zero-order valence-corrected chi connectivity index (χ0v) is 11.0. The second-order valence-electron chi connectivity index (χ2n) is 4.85. The average molecular weight is 259 g/mol. The van der Waals surface area contributed by atoms with E-state index in [4.69, 9.17) is 0 Å². The summed E-state index contributed by atoms with van der Waals surface area (Å²) in [6.07, 6.45) is 3.79. The van der Waals surface area contributed by atoms with E-state index in [1.165, 1.54) is 4.90 Å². The number of rotatable bonds is 3. The van der Waals surface area contributed by atoms with Gasteiger partial charge in [-0.25, -0.2) is 0 Å². The Morgan fingerprint density at radius 3 is 2.74 bits per heavy atom. The summed E-state index contributed by atoms with van der Waals surface area (Å²) in [5.41, 5.74) is 0.723. The lowest BCUT2D eigenvalue weighted by Gasteiger charge is -2.30. The molecule has 1 aromatic carbocycles. The van der Waals surface area contributed by atoms with Crippen molar-refractivity contribution in [3.8, 4) is 0 Å². The van der Waals surface area contributed by atoms with Crippen molar-refractivity contribution in [2.45, 2.75) is 31.7 Å². The third-order valence-electron chi connectivity index (χ3n) is 3.63. The van der Waals surface area contributed by atoms with Crippen LogP contribution in [-0.2, 0) is 4.79 Å². The Labute approximate surface area is 112 Å². The van der Waals surface area contributed by atoms with Crippen LogP contribution in [-0.4, -0.2) is 36.0 Å². The van der Waals surface area contributed by atoms with Crippen molar-refractivity contribution >= 4 is 18.0 Å². The van der Waals surface area contributed by atoms with Gasteiger partial charge >= 0.3 is 0 Å². The van der Waals surface area contributed by atoms with Gasteiger partial charge in [0.15, 0.2) is 12.1 Å². The summed E-state index contributed by atoms with van der Waals surface area (Å²) < 4.78 is 0. The number of carbonyl (C=O) groups excluding carboxylic acids is 3. The number of likely N-dealkylation sites (N-methyl/N-ethyl adjacent to an activating group) is 1. The fraction of sp³-hybridized carbons (Fsp3) is 0.400. The van der Waals surface area contributed by atoms with Crippen molar-refractivity contribution in [2.75, 3.05) is 7.05 Å². The number of ketones is 1. The number of benzene rings is 1. The Kier molecular flexibility index (Phi) is 4.10. The first-order valence-corrected chi connectivity index (χ1v) is 6.49. The van der Waals surface area contributed by atoms with Gasteiger partial charge in [0.1, 0.15) is 0 Å². The predicted octanol–water partition coefficient (Wildman–Crippen LogP) is 2.08. The van der Waals surface area contributed by atoms with Gasteiger partial charge in [-0.1, -0.05) is 24.6 Å². The molecule has 4 heteroatoms. The van der Waals surface area contributed by atoms with Gasteiger partial charge in [0.25, 0.3) is 5.91 Å². The van der Waals surface area contributed by atoms with Gasteiger partial charge in [-0.05, 0) is 18.9 Å². The fourth-order valence-electron chi connectivity index (χ4n) is 2.50. The van der Waals surface area contributed by atoms with Crippen molar-refractivity contribution in [1.82, 2.24) is 4.90 Å². The topological polar surface area (TPSA) is 54.5 Å². The molecule has 19 heavy (non-hydrogen) atoms. The second-order valence-corrected chi connectivity index (χ2v) is 4.85. The van der Waals surface area contributed by atoms with Gasteiger partial charge in [0.05, 0.1) is 11.6 Å². The molecule has 1 unspecified atom stereocenters. The van der Waals surface area contributed by atoms with E-state index in [1.807, 2.05) is 0 Å². The standard InChI is InChI=1S/C15H17NO3/c1-16(13-8-4-5-9-14(13)18)15(19)12-7-3-2-6-11(12)10-17/h2-3,6-7,10,13H,4-5,8-9H2,1H3. The van der Waals surface area contributed by atoms with Gasteiger partial charge in [-0.2, -0.15) is 0 Å². The van der Waals surface area contributed by atoms with Crippen molar-refractivity contribution in [3.63, 3.8) is 0 Å². The largest absolute Gasteiger partial charge is 0.332 e. The number of Topliss-reactive ketones (excluding diaryl/α,β-unsaturated/α-hetero) is 1. The van der Waals surface area contributed by atoms with Crippen molar-refractivity contribution in [1.29, 1.82) is 0 Å². The lowest BCUT2D eigenvalue weighted by atomic mass is 9.92. The molecule has 100 valence electrons. The third kappa shape index (κ3) is 2.72. The Hall–Kier alpha value is -1.97. The molecule has 1 saturated carbocycles. The molecule has 0 N–H and O–H groups in total. The molecule has 1 aromatic rings. The molecule has 1 atom stereocenters. The summed E-state index contributed by atoms with van der Waals surface area (Å²) in [4.78, 5) is 36.7. The lowest BCUT2D eigenvalue weighted by molar-refractivity contribution is -0.124. The highest BCUT2D eigenvalue weighted by atomic mass is 16.2. The molecule has 0 saturated heterocycles. The van der Waals surface area contributed by atoms with E-state index in [2.05, 4.69) is 0 Å². The van der Waals surface area contributed by atoms with E-state index in [0.717, 1.165) is 12.8 Å². The molecular weight excluding hydrogens is 242 g/mol.